The van der Waals surface area contributed by atoms with Crippen LogP contribution in [0.15, 0.2) is 0 Å². The third-order valence-corrected chi connectivity index (χ3v) is 3.32. The molecular weight excluding hydrogens is 148 g/mol. The van der Waals surface area contributed by atoms with Crippen LogP contribution in [0.5, 0.6) is 0 Å². The van der Waals surface area contributed by atoms with E-state index in [4.69, 9.17) is 0 Å². The number of hydrogen-bond donors (Lipinski definition) is 1. The maximum Gasteiger partial charge on any atom is 0.00514 e. The van der Waals surface area contributed by atoms with Crippen LogP contribution in [-0.2, 0) is 0 Å². The number of piperidine rings is 1. The Morgan fingerprint density at radius 2 is 1.92 bits per heavy atom. The summed E-state index contributed by atoms with van der Waals surface area (Å²) >= 11 is 0. The Morgan fingerprint density at radius 1 is 1.25 bits per heavy atom. The van der Waals surface area contributed by atoms with Crippen LogP contribution in [0.4, 0.5) is 0 Å². The van der Waals surface area contributed by atoms with Crippen molar-refractivity contribution in [2.75, 3.05) is 32.7 Å². The van der Waals surface area contributed by atoms with Crippen LogP contribution >= 0.6 is 0 Å². The fourth-order valence-corrected chi connectivity index (χ4v) is 2.65. The van der Waals surface area contributed by atoms with E-state index in [-0.39, 0.29) is 0 Å². The van der Waals surface area contributed by atoms with Gasteiger partial charge in [-0.2, -0.15) is 0 Å². The van der Waals surface area contributed by atoms with E-state index in [9.17, 15) is 0 Å². The molecule has 1 N–H and O–H groups in total. The van der Waals surface area contributed by atoms with Gasteiger partial charge in [-0.25, -0.2) is 0 Å². The molecule has 0 unspecified atom stereocenters. The van der Waals surface area contributed by atoms with Gasteiger partial charge in [0.2, 0.25) is 0 Å². The van der Waals surface area contributed by atoms with E-state index in [2.05, 4.69) is 17.1 Å². The highest BCUT2D eigenvalue weighted by molar-refractivity contribution is 4.97. The molecule has 2 rings (SSSR count). The van der Waals surface area contributed by atoms with Crippen molar-refractivity contribution in [3.8, 4) is 0 Å². The highest BCUT2D eigenvalue weighted by Gasteiger charge is 2.42. The van der Waals surface area contributed by atoms with Gasteiger partial charge >= 0.3 is 0 Å². The number of rotatable bonds is 2. The van der Waals surface area contributed by atoms with Crippen molar-refractivity contribution in [3.05, 3.63) is 0 Å². The molecule has 2 aliphatic heterocycles. The van der Waals surface area contributed by atoms with Crippen molar-refractivity contribution in [2.45, 2.75) is 26.2 Å². The predicted octanol–water partition coefficient (Wildman–Crippen LogP) is 1.08. The van der Waals surface area contributed by atoms with Gasteiger partial charge in [-0.3, -0.25) is 0 Å². The molecule has 2 fully saturated rings. The van der Waals surface area contributed by atoms with Gasteiger partial charge in [-0.15, -0.1) is 0 Å². The van der Waals surface area contributed by atoms with E-state index in [0.29, 0.717) is 0 Å². The SMILES string of the molecule is CCCN1CC2(CCNCC2)C1. The second kappa shape index (κ2) is 3.35. The number of nitrogens with one attached hydrogen (secondary N) is 1. The summed E-state index contributed by atoms with van der Waals surface area (Å²) in [6.45, 7) is 8.84. The summed E-state index contributed by atoms with van der Waals surface area (Å²) < 4.78 is 0. The minimum absolute atomic E-state index is 0.737. The molecule has 0 aromatic carbocycles. The smallest absolute Gasteiger partial charge is 0.00514 e. The Hall–Kier alpha value is -0.0800. The molecule has 2 heterocycles. The predicted molar refractivity (Wildman–Crippen MR) is 51.3 cm³/mol. The molecule has 2 aliphatic rings. The molecule has 0 saturated carbocycles. The van der Waals surface area contributed by atoms with E-state index < -0.39 is 0 Å². The standard InChI is InChI=1S/C10H20N2/c1-2-7-12-8-10(9-12)3-5-11-6-4-10/h11H,2-9H2,1H3. The molecule has 0 aliphatic carbocycles. The second-order valence-corrected chi connectivity index (χ2v) is 4.46. The second-order valence-electron chi connectivity index (χ2n) is 4.46. The molecule has 0 atom stereocenters. The van der Waals surface area contributed by atoms with E-state index in [1.807, 2.05) is 0 Å². The van der Waals surface area contributed by atoms with E-state index in [1.54, 1.807) is 0 Å². The van der Waals surface area contributed by atoms with Gasteiger partial charge in [0, 0.05) is 13.1 Å². The average molecular weight is 168 g/mol. The molecule has 2 nitrogen and oxygen atoms in total. The first-order chi connectivity index (χ1) is 5.85. The highest BCUT2D eigenvalue weighted by Crippen LogP contribution is 2.38. The van der Waals surface area contributed by atoms with Gasteiger partial charge < -0.3 is 10.2 Å². The van der Waals surface area contributed by atoms with Crippen LogP contribution in [0.2, 0.25) is 0 Å². The molecule has 2 saturated heterocycles. The minimum atomic E-state index is 0.737. The molecule has 0 amide bonds. The van der Waals surface area contributed by atoms with E-state index in [0.717, 1.165) is 5.41 Å². The molecule has 70 valence electrons. The first kappa shape index (κ1) is 8.52. The molecule has 0 bridgehead atoms. The largest absolute Gasteiger partial charge is 0.317 e. The first-order valence-corrected chi connectivity index (χ1v) is 5.28. The summed E-state index contributed by atoms with van der Waals surface area (Å²) in [5.41, 5.74) is 0.737. The normalized spacial score (nSPS) is 28.8. The monoisotopic (exact) mass is 168 g/mol. The van der Waals surface area contributed by atoms with Crippen LogP contribution in [-0.4, -0.2) is 37.6 Å². The maximum absolute atomic E-state index is 3.44. The Labute approximate surface area is 75.3 Å². The van der Waals surface area contributed by atoms with Gasteiger partial charge in [0.15, 0.2) is 0 Å². The van der Waals surface area contributed by atoms with Crippen LogP contribution in [0.1, 0.15) is 26.2 Å². The Bertz CT molecular complexity index is 142. The van der Waals surface area contributed by atoms with Crippen molar-refractivity contribution in [3.63, 3.8) is 0 Å². The summed E-state index contributed by atoms with van der Waals surface area (Å²) in [5.74, 6) is 0. The number of hydrogen-bond acceptors (Lipinski definition) is 2. The quantitative estimate of drug-likeness (QED) is 0.664. The van der Waals surface area contributed by atoms with E-state index in [1.165, 1.54) is 52.0 Å². The lowest BCUT2D eigenvalue weighted by Gasteiger charge is -2.52. The molecule has 1 spiro atoms. The van der Waals surface area contributed by atoms with Crippen molar-refractivity contribution in [2.24, 2.45) is 5.41 Å². The first-order valence-electron chi connectivity index (χ1n) is 5.28. The van der Waals surface area contributed by atoms with Crippen molar-refractivity contribution in [1.82, 2.24) is 10.2 Å². The van der Waals surface area contributed by atoms with Crippen LogP contribution in [0.3, 0.4) is 0 Å². The lowest BCUT2D eigenvalue weighted by atomic mass is 9.72. The maximum atomic E-state index is 3.44. The summed E-state index contributed by atoms with van der Waals surface area (Å²) in [4.78, 5) is 2.60. The van der Waals surface area contributed by atoms with Crippen molar-refractivity contribution >= 4 is 0 Å². The topological polar surface area (TPSA) is 15.3 Å². The highest BCUT2D eigenvalue weighted by atomic mass is 15.2. The molecule has 0 radical (unpaired) electrons. The fourth-order valence-electron chi connectivity index (χ4n) is 2.65. The third-order valence-electron chi connectivity index (χ3n) is 3.32. The lowest BCUT2D eigenvalue weighted by Crippen LogP contribution is -2.59. The Morgan fingerprint density at radius 3 is 2.50 bits per heavy atom. The van der Waals surface area contributed by atoms with Crippen molar-refractivity contribution < 1.29 is 0 Å². The van der Waals surface area contributed by atoms with Gasteiger partial charge in [0.25, 0.3) is 0 Å². The molecule has 12 heavy (non-hydrogen) atoms. The molecule has 0 aromatic heterocycles. The zero-order valence-corrected chi connectivity index (χ0v) is 8.10. The van der Waals surface area contributed by atoms with Gasteiger partial charge in [-0.1, -0.05) is 6.92 Å². The minimum Gasteiger partial charge on any atom is -0.317 e. The summed E-state index contributed by atoms with van der Waals surface area (Å²) in [6.07, 6.45) is 4.13. The van der Waals surface area contributed by atoms with Gasteiger partial charge in [-0.05, 0) is 44.3 Å². The van der Waals surface area contributed by atoms with Crippen LogP contribution < -0.4 is 5.32 Å². The molecule has 2 heteroatoms. The summed E-state index contributed by atoms with van der Waals surface area (Å²) in [5, 5.41) is 3.44. The molecule has 0 aromatic rings. The van der Waals surface area contributed by atoms with Gasteiger partial charge in [0.1, 0.15) is 0 Å². The summed E-state index contributed by atoms with van der Waals surface area (Å²) in [7, 11) is 0. The third kappa shape index (κ3) is 1.50. The van der Waals surface area contributed by atoms with Crippen LogP contribution in [0, 0.1) is 5.41 Å². The zero-order valence-electron chi connectivity index (χ0n) is 8.10. The van der Waals surface area contributed by atoms with E-state index >= 15 is 0 Å². The fraction of sp³-hybridized carbons (Fsp3) is 1.00. The Kier molecular flexibility index (Phi) is 2.37. The number of likely N-dealkylation sites (tertiary alicyclic amines) is 1. The summed E-state index contributed by atoms with van der Waals surface area (Å²) in [6, 6.07) is 0. The Balaban J connectivity index is 1.77. The van der Waals surface area contributed by atoms with Crippen molar-refractivity contribution in [1.29, 1.82) is 0 Å². The molecular formula is C10H20N2. The number of nitrogens with zero attached hydrogens (tertiary/aromatic N) is 1. The van der Waals surface area contributed by atoms with Crippen LogP contribution in [0.25, 0.3) is 0 Å². The zero-order chi connectivity index (χ0) is 8.44. The average Bonchev–Trinajstić information content (AvgIpc) is 2.04. The lowest BCUT2D eigenvalue weighted by molar-refractivity contribution is -0.0222. The van der Waals surface area contributed by atoms with Gasteiger partial charge in [0.05, 0.1) is 0 Å².